The number of amides is 2. The van der Waals surface area contributed by atoms with Gasteiger partial charge in [-0.15, -0.1) is 11.3 Å². The molecule has 1 aliphatic rings. The predicted molar refractivity (Wildman–Crippen MR) is 73.4 cm³/mol. The van der Waals surface area contributed by atoms with Gasteiger partial charge >= 0.3 is 5.97 Å². The maximum Gasteiger partial charge on any atom is 0.331 e. The molecule has 2 unspecified atom stereocenters. The minimum Gasteiger partial charge on any atom is -0.479 e. The lowest BCUT2D eigenvalue weighted by atomic mass is 9.99. The minimum absolute atomic E-state index is 0.314. The normalized spacial score (nSPS) is 19.1. The highest BCUT2D eigenvalue weighted by Crippen LogP contribution is 2.33. The molecule has 1 aromatic rings. The van der Waals surface area contributed by atoms with Gasteiger partial charge < -0.3 is 15.3 Å². The molecule has 1 aromatic heterocycles. The summed E-state index contributed by atoms with van der Waals surface area (Å²) in [4.78, 5) is 37.2. The summed E-state index contributed by atoms with van der Waals surface area (Å²) in [5, 5.41) is 13.7. The Morgan fingerprint density at radius 1 is 1.50 bits per heavy atom. The third-order valence-corrected chi connectivity index (χ3v) is 4.27. The monoisotopic (exact) mass is 296 g/mol. The van der Waals surface area contributed by atoms with Gasteiger partial charge in [0, 0.05) is 18.3 Å². The zero-order valence-electron chi connectivity index (χ0n) is 11.3. The third-order valence-electron chi connectivity index (χ3n) is 3.27. The highest BCUT2D eigenvalue weighted by atomic mass is 32.1. The van der Waals surface area contributed by atoms with E-state index >= 15 is 0 Å². The van der Waals surface area contributed by atoms with Crippen molar-refractivity contribution in [3.8, 4) is 0 Å². The van der Waals surface area contributed by atoms with E-state index in [9.17, 15) is 19.5 Å². The molecule has 0 fully saturated rings. The number of carboxylic acids is 1. The molecule has 108 valence electrons. The molecule has 2 rings (SSSR count). The molecular formula is C13H16N2O4S. The van der Waals surface area contributed by atoms with E-state index < -0.39 is 18.1 Å². The van der Waals surface area contributed by atoms with E-state index in [-0.39, 0.29) is 11.8 Å². The van der Waals surface area contributed by atoms with Gasteiger partial charge in [0.2, 0.25) is 11.8 Å². The average Bonchev–Trinajstić information content (AvgIpc) is 2.83. The number of hydrogen-bond donors (Lipinski definition) is 2. The SMILES string of the molecule is CC(=O)NC(C)C(=O)N1CCc2sccc2C1C(=O)O. The highest BCUT2D eigenvalue weighted by molar-refractivity contribution is 7.10. The highest BCUT2D eigenvalue weighted by Gasteiger charge is 2.38. The van der Waals surface area contributed by atoms with Crippen LogP contribution in [0.2, 0.25) is 0 Å². The summed E-state index contributed by atoms with van der Waals surface area (Å²) in [5.41, 5.74) is 0.678. The maximum atomic E-state index is 12.3. The number of thiophene rings is 1. The summed E-state index contributed by atoms with van der Waals surface area (Å²) in [7, 11) is 0. The van der Waals surface area contributed by atoms with Crippen LogP contribution >= 0.6 is 11.3 Å². The fraction of sp³-hybridized carbons (Fsp3) is 0.462. The number of carboxylic acid groups (broad SMARTS) is 1. The molecule has 1 aliphatic heterocycles. The number of nitrogens with zero attached hydrogens (tertiary/aromatic N) is 1. The van der Waals surface area contributed by atoms with Crippen LogP contribution < -0.4 is 5.32 Å². The van der Waals surface area contributed by atoms with Crippen molar-refractivity contribution in [2.45, 2.75) is 32.4 Å². The first-order valence-electron chi connectivity index (χ1n) is 6.28. The first-order valence-corrected chi connectivity index (χ1v) is 7.16. The molecule has 20 heavy (non-hydrogen) atoms. The Kier molecular flexibility index (Phi) is 4.08. The van der Waals surface area contributed by atoms with Crippen LogP contribution in [-0.2, 0) is 20.8 Å². The number of aliphatic carboxylic acids is 1. The molecule has 0 aliphatic carbocycles. The van der Waals surface area contributed by atoms with Gasteiger partial charge in [-0.05, 0) is 30.4 Å². The van der Waals surface area contributed by atoms with E-state index in [1.54, 1.807) is 13.0 Å². The van der Waals surface area contributed by atoms with Gasteiger partial charge in [0.15, 0.2) is 6.04 Å². The molecular weight excluding hydrogens is 280 g/mol. The van der Waals surface area contributed by atoms with E-state index in [1.807, 2.05) is 5.38 Å². The van der Waals surface area contributed by atoms with Crippen molar-refractivity contribution in [2.75, 3.05) is 6.54 Å². The molecule has 0 radical (unpaired) electrons. The van der Waals surface area contributed by atoms with Crippen molar-refractivity contribution in [3.63, 3.8) is 0 Å². The summed E-state index contributed by atoms with van der Waals surface area (Å²) >= 11 is 1.51. The van der Waals surface area contributed by atoms with Crippen molar-refractivity contribution in [2.24, 2.45) is 0 Å². The zero-order valence-corrected chi connectivity index (χ0v) is 12.1. The van der Waals surface area contributed by atoms with Crippen LogP contribution in [0.3, 0.4) is 0 Å². The lowest BCUT2D eigenvalue weighted by molar-refractivity contribution is -0.152. The summed E-state index contributed by atoms with van der Waals surface area (Å²) in [5.74, 6) is -1.73. The Morgan fingerprint density at radius 3 is 2.80 bits per heavy atom. The number of hydrogen-bond acceptors (Lipinski definition) is 4. The Balaban J connectivity index is 2.25. The molecule has 0 saturated heterocycles. The number of fused-ring (bicyclic) bond motifs is 1. The van der Waals surface area contributed by atoms with E-state index in [1.165, 1.54) is 23.2 Å². The second-order valence-electron chi connectivity index (χ2n) is 4.74. The Morgan fingerprint density at radius 2 is 2.20 bits per heavy atom. The predicted octanol–water partition coefficient (Wildman–Crippen LogP) is 0.783. The molecule has 2 amide bonds. The van der Waals surface area contributed by atoms with Crippen molar-refractivity contribution >= 4 is 29.1 Å². The van der Waals surface area contributed by atoms with Gasteiger partial charge in [-0.25, -0.2) is 4.79 Å². The molecule has 6 nitrogen and oxygen atoms in total. The summed E-state index contributed by atoms with van der Waals surface area (Å²) in [6.45, 7) is 3.24. The molecule has 0 saturated carbocycles. The molecule has 0 spiro atoms. The van der Waals surface area contributed by atoms with Gasteiger partial charge in [-0.2, -0.15) is 0 Å². The van der Waals surface area contributed by atoms with Crippen LogP contribution in [0.5, 0.6) is 0 Å². The summed E-state index contributed by atoms with van der Waals surface area (Å²) < 4.78 is 0. The van der Waals surface area contributed by atoms with Crippen LogP contribution in [0.15, 0.2) is 11.4 Å². The fourth-order valence-electron chi connectivity index (χ4n) is 2.44. The van der Waals surface area contributed by atoms with E-state index in [4.69, 9.17) is 0 Å². The van der Waals surface area contributed by atoms with Gasteiger partial charge in [0.25, 0.3) is 0 Å². The average molecular weight is 296 g/mol. The number of carbonyl (C=O) groups is 3. The molecule has 2 atom stereocenters. The smallest absolute Gasteiger partial charge is 0.331 e. The minimum atomic E-state index is -1.05. The number of carbonyl (C=O) groups excluding carboxylic acids is 2. The lowest BCUT2D eigenvalue weighted by Gasteiger charge is -2.34. The van der Waals surface area contributed by atoms with E-state index in [0.29, 0.717) is 18.5 Å². The molecule has 2 heterocycles. The van der Waals surface area contributed by atoms with Gasteiger partial charge in [0.1, 0.15) is 6.04 Å². The van der Waals surface area contributed by atoms with Crippen LogP contribution in [0.1, 0.15) is 30.3 Å². The van der Waals surface area contributed by atoms with Gasteiger partial charge in [-0.3, -0.25) is 9.59 Å². The second kappa shape index (κ2) is 5.62. The van der Waals surface area contributed by atoms with Crippen LogP contribution in [0, 0.1) is 0 Å². The Hall–Kier alpha value is -1.89. The molecule has 2 N–H and O–H groups in total. The standard InChI is InChI=1S/C13H16N2O4S/c1-7(14-8(2)16)12(17)15-5-3-10-9(4-6-20-10)11(15)13(18)19/h4,6-7,11H,3,5H2,1-2H3,(H,14,16)(H,18,19). The third kappa shape index (κ3) is 2.67. The Labute approximate surface area is 120 Å². The quantitative estimate of drug-likeness (QED) is 0.863. The molecule has 0 aromatic carbocycles. The van der Waals surface area contributed by atoms with Crippen molar-refractivity contribution in [1.82, 2.24) is 10.2 Å². The Bertz CT molecular complexity index is 554. The summed E-state index contributed by atoms with van der Waals surface area (Å²) in [6.07, 6.45) is 0.648. The second-order valence-corrected chi connectivity index (χ2v) is 5.74. The van der Waals surface area contributed by atoms with Gasteiger partial charge in [-0.1, -0.05) is 0 Å². The van der Waals surface area contributed by atoms with Gasteiger partial charge in [0.05, 0.1) is 0 Å². The zero-order chi connectivity index (χ0) is 14.9. The first kappa shape index (κ1) is 14.5. The molecule has 0 bridgehead atoms. The fourth-order valence-corrected chi connectivity index (χ4v) is 3.34. The molecule has 7 heteroatoms. The van der Waals surface area contributed by atoms with Crippen LogP contribution in [0.4, 0.5) is 0 Å². The van der Waals surface area contributed by atoms with E-state index in [2.05, 4.69) is 5.32 Å². The maximum absolute atomic E-state index is 12.3. The topological polar surface area (TPSA) is 86.7 Å². The number of nitrogens with one attached hydrogen (secondary N) is 1. The van der Waals surface area contributed by atoms with E-state index in [0.717, 1.165) is 4.88 Å². The van der Waals surface area contributed by atoms with Crippen LogP contribution in [-0.4, -0.2) is 40.4 Å². The number of rotatable bonds is 3. The van der Waals surface area contributed by atoms with Crippen LogP contribution in [0.25, 0.3) is 0 Å². The largest absolute Gasteiger partial charge is 0.479 e. The first-order chi connectivity index (χ1) is 9.41. The van der Waals surface area contributed by atoms with Crippen molar-refractivity contribution in [3.05, 3.63) is 21.9 Å². The van der Waals surface area contributed by atoms with Crippen molar-refractivity contribution < 1.29 is 19.5 Å². The summed E-state index contributed by atoms with van der Waals surface area (Å²) in [6, 6.07) is 0.0598. The van der Waals surface area contributed by atoms with Crippen molar-refractivity contribution in [1.29, 1.82) is 0 Å². The lowest BCUT2D eigenvalue weighted by Crippen LogP contribution is -2.51.